The van der Waals surface area contributed by atoms with Gasteiger partial charge >= 0.3 is 0 Å². The van der Waals surface area contributed by atoms with E-state index in [1.807, 2.05) is 55.2 Å². The zero-order valence-electron chi connectivity index (χ0n) is 15.7. The van der Waals surface area contributed by atoms with Crippen molar-refractivity contribution in [1.82, 2.24) is 15.1 Å². The fraction of sp³-hybridized carbons (Fsp3) is 0.300. The summed E-state index contributed by atoms with van der Waals surface area (Å²) < 4.78 is 1.83. The second-order valence-electron chi connectivity index (χ2n) is 6.01. The number of nitrogens with two attached hydrogens (primary N) is 1. The summed E-state index contributed by atoms with van der Waals surface area (Å²) >= 11 is 1.49. The number of aromatic nitrogens is 2. The number of carbonyl (C=O) groups is 1. The van der Waals surface area contributed by atoms with Crippen molar-refractivity contribution >= 4 is 17.2 Å². The van der Waals surface area contributed by atoms with Crippen LogP contribution in [0.5, 0.6) is 0 Å². The van der Waals surface area contributed by atoms with E-state index in [0.717, 1.165) is 28.1 Å². The van der Waals surface area contributed by atoms with Crippen molar-refractivity contribution in [3.05, 3.63) is 64.0 Å². The molecule has 0 aliphatic rings. The Labute approximate surface area is 158 Å². The highest BCUT2D eigenvalue weighted by Crippen LogP contribution is 2.30. The summed E-state index contributed by atoms with van der Waals surface area (Å²) in [6.07, 6.45) is 2.60. The first-order valence-electron chi connectivity index (χ1n) is 8.55. The average molecular weight is 371 g/mol. The van der Waals surface area contributed by atoms with Crippen LogP contribution in [-0.4, -0.2) is 28.8 Å². The standard InChI is InChI=1S/C19H21N3OS.CH5N/c1-13(11-15-7-5-4-6-8-15)21-19(23)18-14(2)16(12-24-18)17-9-10-20-22(17)3;1-2/h4-10,12-13H,11H2,1-3H3,(H,21,23);2H2,1H3. The van der Waals surface area contributed by atoms with Crippen LogP contribution in [0, 0.1) is 6.92 Å². The van der Waals surface area contributed by atoms with Crippen molar-refractivity contribution in [2.75, 3.05) is 7.05 Å². The van der Waals surface area contributed by atoms with Crippen molar-refractivity contribution in [3.63, 3.8) is 0 Å². The number of hydrogen-bond acceptors (Lipinski definition) is 4. The minimum atomic E-state index is -0.00523. The van der Waals surface area contributed by atoms with Crippen LogP contribution < -0.4 is 11.1 Å². The fourth-order valence-electron chi connectivity index (χ4n) is 2.84. The molecule has 3 aromatic rings. The third-order valence-corrected chi connectivity index (χ3v) is 5.19. The van der Waals surface area contributed by atoms with Crippen molar-refractivity contribution in [3.8, 4) is 11.3 Å². The molecular formula is C20H26N4OS. The Hall–Kier alpha value is -2.44. The zero-order valence-corrected chi connectivity index (χ0v) is 16.5. The van der Waals surface area contributed by atoms with E-state index in [0.29, 0.717) is 0 Å². The Balaban J connectivity index is 0.00000117. The van der Waals surface area contributed by atoms with Crippen LogP contribution in [-0.2, 0) is 13.5 Å². The molecule has 138 valence electrons. The Morgan fingerprint density at radius 2 is 1.96 bits per heavy atom. The number of nitrogens with one attached hydrogen (secondary N) is 1. The fourth-order valence-corrected chi connectivity index (χ4v) is 3.83. The first-order chi connectivity index (χ1) is 12.6. The van der Waals surface area contributed by atoms with Gasteiger partial charge in [0.25, 0.3) is 5.91 Å². The van der Waals surface area contributed by atoms with Crippen molar-refractivity contribution in [1.29, 1.82) is 0 Å². The highest BCUT2D eigenvalue weighted by atomic mass is 32.1. The molecule has 2 aromatic heterocycles. The molecule has 0 aliphatic heterocycles. The zero-order chi connectivity index (χ0) is 19.1. The van der Waals surface area contributed by atoms with Crippen LogP contribution in [0.4, 0.5) is 0 Å². The van der Waals surface area contributed by atoms with Crippen LogP contribution in [0.1, 0.15) is 27.7 Å². The highest BCUT2D eigenvalue weighted by Gasteiger charge is 2.18. The molecule has 1 unspecified atom stereocenters. The molecule has 0 saturated heterocycles. The maximum atomic E-state index is 12.6. The van der Waals surface area contributed by atoms with Gasteiger partial charge in [-0.3, -0.25) is 9.48 Å². The van der Waals surface area contributed by atoms with Crippen LogP contribution in [0.2, 0.25) is 0 Å². The lowest BCUT2D eigenvalue weighted by Crippen LogP contribution is -2.33. The summed E-state index contributed by atoms with van der Waals surface area (Å²) in [6, 6.07) is 12.3. The van der Waals surface area contributed by atoms with E-state index in [1.54, 1.807) is 6.20 Å². The molecule has 0 radical (unpaired) electrons. The topological polar surface area (TPSA) is 72.9 Å². The number of hydrogen-bond donors (Lipinski definition) is 2. The van der Waals surface area contributed by atoms with Gasteiger partial charge < -0.3 is 11.1 Å². The van der Waals surface area contributed by atoms with E-state index in [-0.39, 0.29) is 11.9 Å². The highest BCUT2D eigenvalue weighted by molar-refractivity contribution is 7.12. The first kappa shape index (κ1) is 19.9. The molecule has 0 saturated carbocycles. The third-order valence-electron chi connectivity index (χ3n) is 4.10. The van der Waals surface area contributed by atoms with Crippen molar-refractivity contribution in [2.45, 2.75) is 26.3 Å². The molecule has 0 fully saturated rings. The molecule has 2 heterocycles. The lowest BCUT2D eigenvalue weighted by atomic mass is 10.1. The summed E-state index contributed by atoms with van der Waals surface area (Å²) in [7, 11) is 3.41. The van der Waals surface area contributed by atoms with E-state index < -0.39 is 0 Å². The lowest BCUT2D eigenvalue weighted by molar-refractivity contribution is 0.0943. The predicted molar refractivity (Wildman–Crippen MR) is 108 cm³/mol. The molecule has 1 atom stereocenters. The normalized spacial score (nSPS) is 11.4. The van der Waals surface area contributed by atoms with Gasteiger partial charge in [-0.1, -0.05) is 30.3 Å². The van der Waals surface area contributed by atoms with E-state index in [9.17, 15) is 4.79 Å². The molecule has 0 bridgehead atoms. The van der Waals surface area contributed by atoms with Gasteiger partial charge in [0.1, 0.15) is 0 Å². The smallest absolute Gasteiger partial charge is 0.261 e. The van der Waals surface area contributed by atoms with Gasteiger partial charge in [0.05, 0.1) is 10.6 Å². The summed E-state index contributed by atoms with van der Waals surface area (Å²) in [5, 5.41) is 9.34. The second kappa shape index (κ2) is 9.31. The number of benzene rings is 1. The van der Waals surface area contributed by atoms with Crippen LogP contribution in [0.15, 0.2) is 48.0 Å². The summed E-state index contributed by atoms with van der Waals surface area (Å²) in [5.41, 5.74) is 8.83. The molecule has 6 heteroatoms. The molecule has 26 heavy (non-hydrogen) atoms. The molecular weight excluding hydrogens is 344 g/mol. The van der Waals surface area contributed by atoms with Gasteiger partial charge in [-0.25, -0.2) is 0 Å². The van der Waals surface area contributed by atoms with Gasteiger partial charge in [-0.15, -0.1) is 11.3 Å². The van der Waals surface area contributed by atoms with Gasteiger partial charge in [0, 0.05) is 30.2 Å². The average Bonchev–Trinajstić information content (AvgIpc) is 3.22. The lowest BCUT2D eigenvalue weighted by Gasteiger charge is -2.14. The summed E-state index contributed by atoms with van der Waals surface area (Å²) in [4.78, 5) is 13.4. The minimum Gasteiger partial charge on any atom is -0.349 e. The van der Waals surface area contributed by atoms with Gasteiger partial charge in [0.2, 0.25) is 0 Å². The van der Waals surface area contributed by atoms with Crippen molar-refractivity contribution < 1.29 is 4.79 Å². The quantitative estimate of drug-likeness (QED) is 0.723. The van der Waals surface area contributed by atoms with E-state index in [1.165, 1.54) is 23.9 Å². The maximum absolute atomic E-state index is 12.6. The Morgan fingerprint density at radius 1 is 1.27 bits per heavy atom. The monoisotopic (exact) mass is 370 g/mol. The maximum Gasteiger partial charge on any atom is 0.261 e. The number of nitrogens with zero attached hydrogens (tertiary/aromatic N) is 2. The van der Waals surface area contributed by atoms with Crippen LogP contribution in [0.3, 0.4) is 0 Å². The van der Waals surface area contributed by atoms with E-state index in [4.69, 9.17) is 0 Å². The molecule has 5 nitrogen and oxygen atoms in total. The molecule has 3 N–H and O–H groups in total. The molecule has 3 rings (SSSR count). The van der Waals surface area contributed by atoms with Crippen molar-refractivity contribution in [2.24, 2.45) is 12.8 Å². The first-order valence-corrected chi connectivity index (χ1v) is 9.43. The number of rotatable bonds is 5. The van der Waals surface area contributed by atoms with Gasteiger partial charge in [-0.05, 0) is 44.5 Å². The third kappa shape index (κ3) is 4.59. The molecule has 0 spiro atoms. The number of thiophene rings is 1. The Kier molecular flexibility index (Phi) is 7.12. The van der Waals surface area contributed by atoms with E-state index in [2.05, 4.69) is 28.3 Å². The number of amides is 1. The molecule has 0 aliphatic carbocycles. The van der Waals surface area contributed by atoms with E-state index >= 15 is 0 Å². The van der Waals surface area contributed by atoms with Gasteiger partial charge in [0.15, 0.2) is 0 Å². The largest absolute Gasteiger partial charge is 0.349 e. The molecule has 1 amide bonds. The van der Waals surface area contributed by atoms with Gasteiger partial charge in [-0.2, -0.15) is 5.10 Å². The second-order valence-corrected chi connectivity index (χ2v) is 6.89. The Bertz CT molecular complexity index is 839. The summed E-state index contributed by atoms with van der Waals surface area (Å²) in [6.45, 7) is 4.03. The van der Waals surface area contributed by atoms with Crippen LogP contribution >= 0.6 is 11.3 Å². The van der Waals surface area contributed by atoms with Crippen LogP contribution in [0.25, 0.3) is 11.3 Å². The molecule has 1 aromatic carbocycles. The SMILES string of the molecule is CN.Cc1c(-c2ccnn2C)csc1C(=O)NC(C)Cc1ccccc1. The summed E-state index contributed by atoms with van der Waals surface area (Å²) in [5.74, 6) is -0.00523. The predicted octanol–water partition coefficient (Wildman–Crippen LogP) is 3.39. The number of carbonyl (C=O) groups excluding carboxylic acids is 1. The number of aryl methyl sites for hydroxylation is 1. The minimum absolute atomic E-state index is 0.00523. The Morgan fingerprint density at radius 3 is 2.58 bits per heavy atom.